The number of aromatic nitrogens is 2. The van der Waals surface area contributed by atoms with Crippen LogP contribution in [0.2, 0.25) is 0 Å². The molecule has 0 unspecified atom stereocenters. The average Bonchev–Trinajstić information content (AvgIpc) is 3.07. The van der Waals surface area contributed by atoms with Gasteiger partial charge in [0, 0.05) is 23.3 Å². The quantitative estimate of drug-likeness (QED) is 0.759. The lowest BCUT2D eigenvalue weighted by Gasteiger charge is -2.11. The summed E-state index contributed by atoms with van der Waals surface area (Å²) in [5, 5.41) is 3.92. The highest BCUT2D eigenvalue weighted by Crippen LogP contribution is 2.23. The Balaban J connectivity index is 1.86. The van der Waals surface area contributed by atoms with Gasteiger partial charge in [-0.1, -0.05) is 17.7 Å². The van der Waals surface area contributed by atoms with E-state index in [0.717, 1.165) is 16.7 Å². The molecule has 0 fully saturated rings. The fourth-order valence-electron chi connectivity index (χ4n) is 2.48. The van der Waals surface area contributed by atoms with Crippen LogP contribution in [0.1, 0.15) is 16.8 Å². The van der Waals surface area contributed by atoms with E-state index in [9.17, 15) is 8.42 Å². The second kappa shape index (κ2) is 6.80. The lowest BCUT2D eigenvalue weighted by Crippen LogP contribution is -2.25. The maximum absolute atomic E-state index is 12.6. The maximum atomic E-state index is 12.6. The van der Waals surface area contributed by atoms with Crippen molar-refractivity contribution in [1.82, 2.24) is 14.7 Å². The van der Waals surface area contributed by atoms with E-state index in [0.29, 0.717) is 11.4 Å². The van der Waals surface area contributed by atoms with Gasteiger partial charge >= 0.3 is 0 Å². The molecule has 0 saturated carbocycles. The van der Waals surface area contributed by atoms with Crippen molar-refractivity contribution in [3.63, 3.8) is 0 Å². The molecule has 0 atom stereocenters. The first kappa shape index (κ1) is 16.8. The summed E-state index contributed by atoms with van der Waals surface area (Å²) in [5.74, 6) is 0. The lowest BCUT2D eigenvalue weighted by molar-refractivity contribution is 0.580. The Morgan fingerprint density at radius 2 is 1.92 bits per heavy atom. The third kappa shape index (κ3) is 3.53. The number of nitrogens with zero attached hydrogens (tertiary/aromatic N) is 2. The summed E-state index contributed by atoms with van der Waals surface area (Å²) in [6.07, 6.45) is 3.17. The Morgan fingerprint density at radius 1 is 1.12 bits per heavy atom. The molecule has 3 rings (SSSR count). The smallest absolute Gasteiger partial charge is 0.241 e. The predicted octanol–water partition coefficient (Wildman–Crippen LogP) is 3.30. The number of thiophene rings is 1. The monoisotopic (exact) mass is 359 g/mol. The molecule has 0 aliphatic heterocycles. The summed E-state index contributed by atoms with van der Waals surface area (Å²) >= 11 is 1.56. The van der Waals surface area contributed by atoms with Gasteiger partial charge in [-0.05, 0) is 36.9 Å². The number of rotatable bonds is 5. The van der Waals surface area contributed by atoms with Crippen molar-refractivity contribution in [2.45, 2.75) is 25.3 Å². The van der Waals surface area contributed by atoms with Gasteiger partial charge in [-0.2, -0.15) is 11.3 Å². The Labute approximate surface area is 145 Å². The highest BCUT2D eigenvalue weighted by atomic mass is 32.2. The molecule has 1 aromatic carbocycles. The molecule has 3 aromatic rings. The summed E-state index contributed by atoms with van der Waals surface area (Å²) in [4.78, 5) is 8.90. The van der Waals surface area contributed by atoms with Gasteiger partial charge < -0.3 is 0 Å². The molecule has 7 heteroatoms. The van der Waals surface area contributed by atoms with E-state index in [1.807, 2.05) is 29.8 Å². The highest BCUT2D eigenvalue weighted by molar-refractivity contribution is 7.89. The van der Waals surface area contributed by atoms with Crippen LogP contribution < -0.4 is 4.72 Å². The SMILES string of the molecule is Cc1ccc(S(=O)(=O)NCc2nccnc2-c2ccsc2)c(C)c1. The number of nitrogens with one attached hydrogen (secondary N) is 1. The molecule has 0 saturated heterocycles. The Kier molecular flexibility index (Phi) is 4.75. The Bertz CT molecular complexity index is 952. The molecular formula is C17H17N3O2S2. The van der Waals surface area contributed by atoms with Gasteiger partial charge in [-0.15, -0.1) is 0 Å². The van der Waals surface area contributed by atoms with Crippen LogP contribution in [0.3, 0.4) is 0 Å². The molecule has 2 heterocycles. The normalized spacial score (nSPS) is 11.6. The van der Waals surface area contributed by atoms with Gasteiger partial charge in [0.05, 0.1) is 22.8 Å². The van der Waals surface area contributed by atoms with Crippen molar-refractivity contribution in [2.75, 3.05) is 0 Å². The number of sulfonamides is 1. The van der Waals surface area contributed by atoms with Crippen LogP contribution in [0, 0.1) is 13.8 Å². The van der Waals surface area contributed by atoms with Crippen molar-refractivity contribution < 1.29 is 8.42 Å². The number of aryl methyl sites for hydroxylation is 2. The number of benzene rings is 1. The minimum absolute atomic E-state index is 0.0919. The zero-order valence-corrected chi connectivity index (χ0v) is 15.0. The van der Waals surface area contributed by atoms with Gasteiger partial charge in [-0.25, -0.2) is 13.1 Å². The molecule has 0 amide bonds. The van der Waals surface area contributed by atoms with Gasteiger partial charge in [0.1, 0.15) is 0 Å². The molecule has 0 radical (unpaired) electrons. The molecule has 0 aliphatic rings. The fraction of sp³-hybridized carbons (Fsp3) is 0.176. The number of hydrogen-bond donors (Lipinski definition) is 1. The van der Waals surface area contributed by atoms with Gasteiger partial charge in [-0.3, -0.25) is 9.97 Å². The standard InChI is InChI=1S/C17H17N3O2S2/c1-12-3-4-16(13(2)9-12)24(21,22)20-10-15-17(19-7-6-18-15)14-5-8-23-11-14/h3-9,11,20H,10H2,1-2H3. The summed E-state index contributed by atoms with van der Waals surface area (Å²) in [6, 6.07) is 7.22. The first-order valence-electron chi connectivity index (χ1n) is 7.37. The van der Waals surface area contributed by atoms with Crippen LogP contribution >= 0.6 is 11.3 Å². The molecule has 0 spiro atoms. The maximum Gasteiger partial charge on any atom is 0.241 e. The predicted molar refractivity (Wildman–Crippen MR) is 95.3 cm³/mol. The lowest BCUT2D eigenvalue weighted by atomic mass is 10.2. The molecule has 0 bridgehead atoms. The first-order chi connectivity index (χ1) is 11.5. The van der Waals surface area contributed by atoms with E-state index in [4.69, 9.17) is 0 Å². The van der Waals surface area contributed by atoms with Crippen molar-refractivity contribution in [2.24, 2.45) is 0 Å². The van der Waals surface area contributed by atoms with Crippen molar-refractivity contribution >= 4 is 21.4 Å². The van der Waals surface area contributed by atoms with Crippen LogP contribution in [-0.4, -0.2) is 18.4 Å². The van der Waals surface area contributed by atoms with Crippen LogP contribution in [-0.2, 0) is 16.6 Å². The van der Waals surface area contributed by atoms with E-state index < -0.39 is 10.0 Å². The summed E-state index contributed by atoms with van der Waals surface area (Å²) in [6.45, 7) is 3.82. The minimum Gasteiger partial charge on any atom is -0.256 e. The average molecular weight is 359 g/mol. The fourth-order valence-corrected chi connectivity index (χ4v) is 4.33. The van der Waals surface area contributed by atoms with Crippen LogP contribution in [0.25, 0.3) is 11.3 Å². The molecule has 124 valence electrons. The summed E-state index contributed by atoms with van der Waals surface area (Å²) in [5.41, 5.74) is 3.99. The first-order valence-corrected chi connectivity index (χ1v) is 9.79. The molecule has 5 nitrogen and oxygen atoms in total. The minimum atomic E-state index is -3.61. The Morgan fingerprint density at radius 3 is 2.62 bits per heavy atom. The highest BCUT2D eigenvalue weighted by Gasteiger charge is 2.18. The van der Waals surface area contributed by atoms with Gasteiger partial charge in [0.15, 0.2) is 0 Å². The van der Waals surface area contributed by atoms with Crippen LogP contribution in [0.5, 0.6) is 0 Å². The molecule has 2 aromatic heterocycles. The largest absolute Gasteiger partial charge is 0.256 e. The second-order valence-corrected chi connectivity index (χ2v) is 7.97. The van der Waals surface area contributed by atoms with Gasteiger partial charge in [0.2, 0.25) is 10.0 Å². The summed E-state index contributed by atoms with van der Waals surface area (Å²) < 4.78 is 27.8. The third-order valence-electron chi connectivity index (χ3n) is 3.62. The van der Waals surface area contributed by atoms with E-state index in [-0.39, 0.29) is 11.4 Å². The van der Waals surface area contributed by atoms with E-state index in [1.165, 1.54) is 0 Å². The topological polar surface area (TPSA) is 72.0 Å². The van der Waals surface area contributed by atoms with Crippen LogP contribution in [0.4, 0.5) is 0 Å². The molecular weight excluding hydrogens is 342 g/mol. The van der Waals surface area contributed by atoms with Gasteiger partial charge in [0.25, 0.3) is 0 Å². The van der Waals surface area contributed by atoms with Crippen molar-refractivity contribution in [3.05, 3.63) is 64.2 Å². The van der Waals surface area contributed by atoms with E-state index in [2.05, 4.69) is 14.7 Å². The zero-order chi connectivity index (χ0) is 17.2. The third-order valence-corrected chi connectivity index (χ3v) is 5.86. The number of hydrogen-bond acceptors (Lipinski definition) is 5. The molecule has 24 heavy (non-hydrogen) atoms. The Hall–Kier alpha value is -2.09. The van der Waals surface area contributed by atoms with Crippen molar-refractivity contribution in [1.29, 1.82) is 0 Å². The van der Waals surface area contributed by atoms with Crippen LogP contribution in [0.15, 0.2) is 52.3 Å². The van der Waals surface area contributed by atoms with E-state index >= 15 is 0 Å². The molecule has 1 N–H and O–H groups in total. The molecule has 0 aliphatic carbocycles. The van der Waals surface area contributed by atoms with Crippen molar-refractivity contribution in [3.8, 4) is 11.3 Å². The summed E-state index contributed by atoms with van der Waals surface area (Å²) in [7, 11) is -3.61. The second-order valence-electron chi connectivity index (χ2n) is 5.46. The van der Waals surface area contributed by atoms with E-state index in [1.54, 1.807) is 42.8 Å². The zero-order valence-electron chi connectivity index (χ0n) is 13.4.